The molecule has 0 bridgehead atoms. The molecule has 5 N–H and O–H groups in total. The van der Waals surface area contributed by atoms with Crippen LogP contribution in [-0.4, -0.2) is 66.8 Å². The number of aromatic amines is 1. The van der Waals surface area contributed by atoms with Crippen LogP contribution in [0.25, 0.3) is 0 Å². The van der Waals surface area contributed by atoms with Gasteiger partial charge in [0.05, 0.1) is 6.61 Å². The highest BCUT2D eigenvalue weighted by Gasteiger charge is 2.45. The van der Waals surface area contributed by atoms with Crippen LogP contribution in [0.5, 0.6) is 0 Å². The van der Waals surface area contributed by atoms with Gasteiger partial charge >= 0.3 is 19.3 Å². The van der Waals surface area contributed by atoms with E-state index in [-0.39, 0.29) is 0 Å². The van der Waals surface area contributed by atoms with Gasteiger partial charge in [0.25, 0.3) is 5.56 Å². The lowest BCUT2D eigenvalue weighted by Gasteiger charge is -2.17. The summed E-state index contributed by atoms with van der Waals surface area (Å²) in [4.78, 5) is 44.4. The number of nitrogens with zero attached hydrogens (tertiary/aromatic N) is 1. The zero-order valence-corrected chi connectivity index (χ0v) is 12.9. The average molecular weight is 366 g/mol. The molecule has 0 radical (unpaired) electrons. The first-order valence-electron chi connectivity index (χ1n) is 6.62. The second kappa shape index (κ2) is 6.97. The predicted octanol–water partition coefficient (Wildman–Crippen LogP) is -2.56. The molecule has 0 spiro atoms. The summed E-state index contributed by atoms with van der Waals surface area (Å²) in [5.74, 6) is -1.55. The Morgan fingerprint density at radius 3 is 2.62 bits per heavy atom. The molecule has 134 valence electrons. The Balaban J connectivity index is 2.10. The van der Waals surface area contributed by atoms with E-state index in [0.717, 1.165) is 16.8 Å². The number of ether oxygens (including phenoxy) is 1. The second-order valence-electron chi connectivity index (χ2n) is 5.05. The van der Waals surface area contributed by atoms with E-state index in [1.54, 1.807) is 0 Å². The van der Waals surface area contributed by atoms with Crippen molar-refractivity contribution in [2.45, 2.75) is 24.5 Å². The van der Waals surface area contributed by atoms with Crippen LogP contribution in [0.1, 0.15) is 6.23 Å². The van der Waals surface area contributed by atoms with E-state index in [0.29, 0.717) is 0 Å². The third-order valence-electron chi connectivity index (χ3n) is 3.24. The van der Waals surface area contributed by atoms with Gasteiger partial charge in [0.2, 0.25) is 0 Å². The molecule has 5 atom stereocenters. The van der Waals surface area contributed by atoms with Crippen molar-refractivity contribution >= 4 is 13.6 Å². The van der Waals surface area contributed by atoms with Crippen LogP contribution in [0.2, 0.25) is 0 Å². The van der Waals surface area contributed by atoms with Crippen LogP contribution in [0.3, 0.4) is 0 Å². The highest BCUT2D eigenvalue weighted by atomic mass is 31.2. The van der Waals surface area contributed by atoms with Gasteiger partial charge in [-0.3, -0.25) is 23.7 Å². The Bertz CT molecular complexity index is 773. The number of H-pyrrole nitrogens is 1. The standard InChI is InChI=1S/C11H15N2O10P/c14-6-1-2-13(11(19)12-6)10-9(18)8(17)5(23-10)3-22-24(20,21)4-7(15)16/h1-2,5,8-10,17-18H,3-4H2,(H,15,16)(H,20,21)(H,12,14,19). The van der Waals surface area contributed by atoms with E-state index in [9.17, 15) is 34.1 Å². The van der Waals surface area contributed by atoms with Crippen LogP contribution < -0.4 is 11.2 Å². The topological polar surface area (TPSA) is 188 Å². The molecular weight excluding hydrogens is 351 g/mol. The maximum atomic E-state index is 11.7. The van der Waals surface area contributed by atoms with Crippen molar-refractivity contribution in [3.05, 3.63) is 33.1 Å². The summed E-state index contributed by atoms with van der Waals surface area (Å²) in [6.45, 7) is -0.687. The molecular formula is C11H15N2O10P. The minimum atomic E-state index is -4.44. The minimum absolute atomic E-state index is 0.668. The fourth-order valence-corrected chi connectivity index (χ4v) is 2.94. The number of aliphatic carboxylic acids is 1. The molecule has 1 aliphatic heterocycles. The number of aliphatic hydroxyl groups excluding tert-OH is 2. The first-order chi connectivity index (χ1) is 11.1. The predicted molar refractivity (Wildman–Crippen MR) is 75.5 cm³/mol. The first-order valence-corrected chi connectivity index (χ1v) is 8.38. The summed E-state index contributed by atoms with van der Waals surface area (Å²) in [7, 11) is -4.44. The van der Waals surface area contributed by atoms with Crippen LogP contribution in [0.4, 0.5) is 0 Å². The number of nitrogens with one attached hydrogen (secondary N) is 1. The molecule has 24 heavy (non-hydrogen) atoms. The highest BCUT2D eigenvalue weighted by Crippen LogP contribution is 2.42. The van der Waals surface area contributed by atoms with E-state index in [4.69, 9.17) is 9.84 Å². The minimum Gasteiger partial charge on any atom is -0.481 e. The smallest absolute Gasteiger partial charge is 0.339 e. The van der Waals surface area contributed by atoms with Crippen LogP contribution in [0.15, 0.2) is 21.9 Å². The number of hydrogen-bond acceptors (Lipinski definition) is 8. The monoisotopic (exact) mass is 366 g/mol. The normalized spacial score (nSPS) is 29.3. The van der Waals surface area contributed by atoms with Crippen molar-refractivity contribution in [1.29, 1.82) is 0 Å². The van der Waals surface area contributed by atoms with Crippen molar-refractivity contribution in [2.24, 2.45) is 0 Å². The van der Waals surface area contributed by atoms with Gasteiger partial charge in [-0.25, -0.2) is 4.79 Å². The lowest BCUT2D eigenvalue weighted by Crippen LogP contribution is -2.37. The molecule has 13 heteroatoms. The van der Waals surface area contributed by atoms with Crippen molar-refractivity contribution < 1.29 is 38.8 Å². The van der Waals surface area contributed by atoms with Gasteiger partial charge in [-0.1, -0.05) is 0 Å². The summed E-state index contributed by atoms with van der Waals surface area (Å²) in [6, 6.07) is 1.00. The second-order valence-corrected chi connectivity index (χ2v) is 6.90. The summed E-state index contributed by atoms with van der Waals surface area (Å²) >= 11 is 0. The molecule has 12 nitrogen and oxygen atoms in total. The first kappa shape index (κ1) is 18.5. The molecule has 1 aromatic rings. The number of aromatic nitrogens is 2. The highest BCUT2D eigenvalue weighted by molar-refractivity contribution is 7.53. The quantitative estimate of drug-likeness (QED) is 0.335. The number of hydrogen-bond donors (Lipinski definition) is 5. The van der Waals surface area contributed by atoms with Crippen molar-refractivity contribution in [2.75, 3.05) is 12.8 Å². The number of aliphatic hydroxyl groups is 2. The van der Waals surface area contributed by atoms with E-state index in [1.807, 2.05) is 4.98 Å². The zero-order valence-electron chi connectivity index (χ0n) is 12.0. The molecule has 1 fully saturated rings. The van der Waals surface area contributed by atoms with Gasteiger partial charge in [0.15, 0.2) is 6.23 Å². The molecule has 0 aliphatic carbocycles. The van der Waals surface area contributed by atoms with Gasteiger partial charge < -0.3 is 29.5 Å². The molecule has 0 amide bonds. The van der Waals surface area contributed by atoms with Crippen molar-refractivity contribution in [1.82, 2.24) is 9.55 Å². The van der Waals surface area contributed by atoms with Gasteiger partial charge in [-0.05, 0) is 0 Å². The third-order valence-corrected chi connectivity index (χ3v) is 4.46. The molecule has 1 saturated heterocycles. The summed E-state index contributed by atoms with van der Waals surface area (Å²) in [5.41, 5.74) is -1.56. The van der Waals surface area contributed by atoms with E-state index in [1.165, 1.54) is 0 Å². The van der Waals surface area contributed by atoms with Crippen LogP contribution in [0, 0.1) is 0 Å². The van der Waals surface area contributed by atoms with Crippen molar-refractivity contribution in [3.63, 3.8) is 0 Å². The van der Waals surface area contributed by atoms with Crippen LogP contribution >= 0.6 is 7.60 Å². The number of rotatable bonds is 6. The SMILES string of the molecule is O=C(O)CP(=O)(O)OCC1OC(n2ccc(=O)[nH]c2=O)C(O)C1O. The van der Waals surface area contributed by atoms with Gasteiger partial charge in [-0.2, -0.15) is 0 Å². The summed E-state index contributed by atoms with van der Waals surface area (Å²) < 4.78 is 22.1. The van der Waals surface area contributed by atoms with Crippen molar-refractivity contribution in [3.8, 4) is 0 Å². The fraction of sp³-hybridized carbons (Fsp3) is 0.545. The number of carbonyl (C=O) groups is 1. The lowest BCUT2D eigenvalue weighted by molar-refractivity contribution is -0.134. The van der Waals surface area contributed by atoms with E-state index >= 15 is 0 Å². The Kier molecular flexibility index (Phi) is 5.38. The Morgan fingerprint density at radius 2 is 2.04 bits per heavy atom. The van der Waals surface area contributed by atoms with Gasteiger partial charge in [0, 0.05) is 12.3 Å². The Labute approximate surface area is 133 Å². The maximum absolute atomic E-state index is 11.7. The molecule has 1 aromatic heterocycles. The third kappa shape index (κ3) is 4.17. The largest absolute Gasteiger partial charge is 0.481 e. The summed E-state index contributed by atoms with van der Waals surface area (Å²) in [6.07, 6.45) is -5.90. The van der Waals surface area contributed by atoms with Gasteiger partial charge in [-0.15, -0.1) is 0 Å². The Morgan fingerprint density at radius 1 is 1.38 bits per heavy atom. The lowest BCUT2D eigenvalue weighted by atomic mass is 10.1. The Hall–Kier alpha value is -1.82. The number of carboxylic acid groups (broad SMARTS) is 1. The van der Waals surface area contributed by atoms with E-state index in [2.05, 4.69) is 4.52 Å². The summed E-state index contributed by atoms with van der Waals surface area (Å²) in [5, 5.41) is 28.3. The van der Waals surface area contributed by atoms with Crippen LogP contribution in [-0.2, 0) is 18.6 Å². The van der Waals surface area contributed by atoms with E-state index < -0.39 is 62.1 Å². The van der Waals surface area contributed by atoms with Gasteiger partial charge in [0.1, 0.15) is 24.5 Å². The molecule has 0 aromatic carbocycles. The molecule has 2 heterocycles. The fourth-order valence-electron chi connectivity index (χ4n) is 2.13. The molecule has 1 aliphatic rings. The molecule has 5 unspecified atom stereocenters. The molecule has 0 saturated carbocycles. The zero-order chi connectivity index (χ0) is 18.1. The number of carboxylic acids is 1. The average Bonchev–Trinajstić information content (AvgIpc) is 2.72. The maximum Gasteiger partial charge on any atom is 0.339 e. The molecule has 2 rings (SSSR count).